The second-order valence-electron chi connectivity index (χ2n) is 4.53. The summed E-state index contributed by atoms with van der Waals surface area (Å²) < 4.78 is 26.8. The third-order valence-electron chi connectivity index (χ3n) is 3.01. The van der Waals surface area contributed by atoms with E-state index in [1.54, 1.807) is 25.1 Å². The maximum atomic E-state index is 13.6. The molecule has 0 bridgehead atoms. The van der Waals surface area contributed by atoms with Crippen LogP contribution in [0.4, 0.5) is 14.5 Å². The Kier molecular flexibility index (Phi) is 3.69. The SMILES string of the molecule is Cc1cc(O)ccc1NC(C)c1cc(F)ccc1F. The Morgan fingerprint density at radius 3 is 2.53 bits per heavy atom. The third kappa shape index (κ3) is 3.02. The first kappa shape index (κ1) is 13.3. The van der Waals surface area contributed by atoms with E-state index in [0.717, 1.165) is 23.4 Å². The number of phenols is 1. The lowest BCUT2D eigenvalue weighted by atomic mass is 10.1. The van der Waals surface area contributed by atoms with Gasteiger partial charge < -0.3 is 10.4 Å². The number of anilines is 1. The lowest BCUT2D eigenvalue weighted by molar-refractivity contribution is 0.475. The highest BCUT2D eigenvalue weighted by Crippen LogP contribution is 2.26. The summed E-state index contributed by atoms with van der Waals surface area (Å²) in [6.07, 6.45) is 0. The van der Waals surface area contributed by atoms with Crippen LogP contribution in [0.2, 0.25) is 0 Å². The van der Waals surface area contributed by atoms with Crippen molar-refractivity contribution in [1.82, 2.24) is 0 Å². The van der Waals surface area contributed by atoms with Gasteiger partial charge in [0.15, 0.2) is 0 Å². The van der Waals surface area contributed by atoms with E-state index in [-0.39, 0.29) is 17.4 Å². The largest absolute Gasteiger partial charge is 0.508 e. The molecule has 2 nitrogen and oxygen atoms in total. The highest BCUT2D eigenvalue weighted by atomic mass is 19.1. The van der Waals surface area contributed by atoms with Crippen LogP contribution in [0.5, 0.6) is 5.75 Å². The van der Waals surface area contributed by atoms with Gasteiger partial charge in [-0.3, -0.25) is 0 Å². The topological polar surface area (TPSA) is 32.3 Å². The van der Waals surface area contributed by atoms with E-state index in [0.29, 0.717) is 0 Å². The lowest BCUT2D eigenvalue weighted by Gasteiger charge is -2.18. The molecule has 4 heteroatoms. The zero-order chi connectivity index (χ0) is 14.0. The van der Waals surface area contributed by atoms with Crippen molar-refractivity contribution < 1.29 is 13.9 Å². The number of hydrogen-bond acceptors (Lipinski definition) is 2. The number of phenolic OH excluding ortho intramolecular Hbond substituents is 1. The Morgan fingerprint density at radius 2 is 1.84 bits per heavy atom. The predicted octanol–water partition coefficient (Wildman–Crippen LogP) is 4.15. The molecular weight excluding hydrogens is 248 g/mol. The molecule has 0 saturated carbocycles. The van der Waals surface area contributed by atoms with Crippen molar-refractivity contribution in [3.63, 3.8) is 0 Å². The highest BCUT2D eigenvalue weighted by molar-refractivity contribution is 5.54. The highest BCUT2D eigenvalue weighted by Gasteiger charge is 2.12. The van der Waals surface area contributed by atoms with Crippen molar-refractivity contribution in [3.05, 3.63) is 59.2 Å². The van der Waals surface area contributed by atoms with E-state index in [1.807, 2.05) is 6.92 Å². The molecule has 0 heterocycles. The van der Waals surface area contributed by atoms with Crippen LogP contribution < -0.4 is 5.32 Å². The molecule has 100 valence electrons. The van der Waals surface area contributed by atoms with Crippen LogP contribution in [0.25, 0.3) is 0 Å². The van der Waals surface area contributed by atoms with Crippen LogP contribution in [0.1, 0.15) is 24.1 Å². The van der Waals surface area contributed by atoms with E-state index in [9.17, 15) is 13.9 Å². The number of benzene rings is 2. The van der Waals surface area contributed by atoms with Gasteiger partial charge in [-0.1, -0.05) is 0 Å². The fraction of sp³-hybridized carbons (Fsp3) is 0.200. The molecule has 0 aliphatic carbocycles. The fourth-order valence-corrected chi connectivity index (χ4v) is 1.97. The molecule has 2 N–H and O–H groups in total. The van der Waals surface area contributed by atoms with Gasteiger partial charge in [-0.15, -0.1) is 0 Å². The molecule has 2 aromatic rings. The first-order chi connectivity index (χ1) is 8.97. The van der Waals surface area contributed by atoms with Crippen molar-refractivity contribution in [2.24, 2.45) is 0 Å². The fourth-order valence-electron chi connectivity index (χ4n) is 1.97. The van der Waals surface area contributed by atoms with Crippen LogP contribution in [0.15, 0.2) is 36.4 Å². The quantitative estimate of drug-likeness (QED) is 0.815. The Balaban J connectivity index is 2.25. The molecule has 1 unspecified atom stereocenters. The summed E-state index contributed by atoms with van der Waals surface area (Å²) in [7, 11) is 0. The molecule has 0 aromatic heterocycles. The molecule has 19 heavy (non-hydrogen) atoms. The van der Waals surface area contributed by atoms with Gasteiger partial charge in [-0.05, 0) is 55.8 Å². The van der Waals surface area contributed by atoms with Crippen molar-refractivity contribution in [1.29, 1.82) is 0 Å². The summed E-state index contributed by atoms with van der Waals surface area (Å²) >= 11 is 0. The van der Waals surface area contributed by atoms with Crippen LogP contribution in [0.3, 0.4) is 0 Å². The van der Waals surface area contributed by atoms with Crippen LogP contribution in [-0.2, 0) is 0 Å². The van der Waals surface area contributed by atoms with Gasteiger partial charge in [0.2, 0.25) is 0 Å². The molecule has 0 fully saturated rings. The number of hydrogen-bond donors (Lipinski definition) is 2. The van der Waals surface area contributed by atoms with E-state index in [2.05, 4.69) is 5.32 Å². The van der Waals surface area contributed by atoms with Crippen molar-refractivity contribution in [2.45, 2.75) is 19.9 Å². The van der Waals surface area contributed by atoms with E-state index >= 15 is 0 Å². The van der Waals surface area contributed by atoms with Crippen molar-refractivity contribution in [2.75, 3.05) is 5.32 Å². The third-order valence-corrected chi connectivity index (χ3v) is 3.01. The maximum absolute atomic E-state index is 13.6. The number of nitrogens with one attached hydrogen (secondary N) is 1. The van der Waals surface area contributed by atoms with E-state index < -0.39 is 11.6 Å². The summed E-state index contributed by atoms with van der Waals surface area (Å²) in [4.78, 5) is 0. The normalized spacial score (nSPS) is 12.2. The standard InChI is InChI=1S/C15H15F2NO/c1-9-7-12(19)4-6-15(9)18-10(2)13-8-11(16)3-5-14(13)17/h3-8,10,18-19H,1-2H3. The van der Waals surface area contributed by atoms with Gasteiger partial charge in [0.05, 0.1) is 6.04 Å². The number of halogens is 2. The van der Waals surface area contributed by atoms with Crippen LogP contribution in [-0.4, -0.2) is 5.11 Å². The number of aromatic hydroxyl groups is 1. The average molecular weight is 263 g/mol. The second kappa shape index (κ2) is 5.26. The zero-order valence-electron chi connectivity index (χ0n) is 10.7. The molecule has 0 aliphatic heterocycles. The Morgan fingerprint density at radius 1 is 1.11 bits per heavy atom. The monoisotopic (exact) mass is 263 g/mol. The van der Waals surface area contributed by atoms with Crippen LogP contribution >= 0.6 is 0 Å². The molecule has 0 aliphatic rings. The Hall–Kier alpha value is -2.10. The zero-order valence-corrected chi connectivity index (χ0v) is 10.7. The maximum Gasteiger partial charge on any atom is 0.128 e. The minimum Gasteiger partial charge on any atom is -0.508 e. The van der Waals surface area contributed by atoms with E-state index in [1.165, 1.54) is 6.07 Å². The molecule has 0 spiro atoms. The first-order valence-electron chi connectivity index (χ1n) is 5.98. The number of aryl methyl sites for hydroxylation is 1. The van der Waals surface area contributed by atoms with Gasteiger partial charge in [-0.2, -0.15) is 0 Å². The minimum atomic E-state index is -0.465. The van der Waals surface area contributed by atoms with Crippen molar-refractivity contribution >= 4 is 5.69 Å². The molecule has 0 saturated heterocycles. The summed E-state index contributed by atoms with van der Waals surface area (Å²) in [5.74, 6) is -0.738. The molecule has 2 rings (SSSR count). The van der Waals surface area contributed by atoms with Gasteiger partial charge in [0.25, 0.3) is 0 Å². The number of rotatable bonds is 3. The lowest BCUT2D eigenvalue weighted by Crippen LogP contribution is -2.09. The van der Waals surface area contributed by atoms with E-state index in [4.69, 9.17) is 0 Å². The molecule has 0 radical (unpaired) electrons. The van der Waals surface area contributed by atoms with Gasteiger partial charge in [0, 0.05) is 11.3 Å². The molecule has 2 aromatic carbocycles. The van der Waals surface area contributed by atoms with Crippen LogP contribution in [0, 0.1) is 18.6 Å². The summed E-state index contributed by atoms with van der Waals surface area (Å²) in [5.41, 5.74) is 1.88. The first-order valence-corrected chi connectivity index (χ1v) is 5.98. The Bertz CT molecular complexity index is 599. The summed E-state index contributed by atoms with van der Waals surface area (Å²) in [6.45, 7) is 3.58. The molecule has 0 amide bonds. The molecular formula is C15H15F2NO. The Labute approximate surface area is 110 Å². The second-order valence-corrected chi connectivity index (χ2v) is 4.53. The van der Waals surface area contributed by atoms with Gasteiger partial charge in [0.1, 0.15) is 17.4 Å². The summed E-state index contributed by atoms with van der Waals surface area (Å²) in [6, 6.07) is 7.88. The minimum absolute atomic E-state index is 0.174. The summed E-state index contributed by atoms with van der Waals surface area (Å²) in [5, 5.41) is 12.4. The van der Waals surface area contributed by atoms with Crippen molar-refractivity contribution in [3.8, 4) is 5.75 Å². The predicted molar refractivity (Wildman–Crippen MR) is 71.2 cm³/mol. The van der Waals surface area contributed by atoms with Gasteiger partial charge >= 0.3 is 0 Å². The average Bonchev–Trinajstić information content (AvgIpc) is 2.35. The smallest absolute Gasteiger partial charge is 0.128 e. The molecule has 1 atom stereocenters. The van der Waals surface area contributed by atoms with Gasteiger partial charge in [-0.25, -0.2) is 8.78 Å².